The highest BCUT2D eigenvalue weighted by Crippen LogP contribution is 2.29. The average molecular weight is 408 g/mol. The Morgan fingerprint density at radius 2 is 1.93 bits per heavy atom. The van der Waals surface area contributed by atoms with Gasteiger partial charge in [-0.1, -0.05) is 19.1 Å². The second kappa shape index (κ2) is 8.23. The van der Waals surface area contributed by atoms with Gasteiger partial charge in [-0.3, -0.25) is 9.25 Å². The van der Waals surface area contributed by atoms with Gasteiger partial charge in [0.25, 0.3) is 0 Å². The molecule has 0 aliphatic heterocycles. The van der Waals surface area contributed by atoms with Crippen molar-refractivity contribution in [1.29, 1.82) is 0 Å². The first-order valence-electron chi connectivity index (χ1n) is 10.0. The third-order valence-electron chi connectivity index (χ3n) is 5.37. The van der Waals surface area contributed by atoms with Crippen LogP contribution in [0.1, 0.15) is 36.8 Å². The van der Waals surface area contributed by atoms with Crippen LogP contribution in [0.5, 0.6) is 0 Å². The Hall–Kier alpha value is -3.26. The maximum atomic E-state index is 13.4. The zero-order valence-electron chi connectivity index (χ0n) is 17.3. The second-order valence-corrected chi connectivity index (χ2v) is 7.33. The maximum absolute atomic E-state index is 13.4. The summed E-state index contributed by atoms with van der Waals surface area (Å²) in [5.74, 6) is 1.21. The fourth-order valence-corrected chi connectivity index (χ4v) is 3.72. The maximum Gasteiger partial charge on any atom is 0.229 e. The lowest BCUT2D eigenvalue weighted by atomic mass is 10.1. The van der Waals surface area contributed by atoms with Crippen LogP contribution in [0, 0.1) is 12.7 Å². The van der Waals surface area contributed by atoms with Crippen LogP contribution in [0.15, 0.2) is 42.6 Å². The lowest BCUT2D eigenvalue weighted by molar-refractivity contribution is 0.271. The molecule has 0 aliphatic rings. The number of halogens is 1. The Morgan fingerprint density at radius 1 is 1.17 bits per heavy atom. The largest absolute Gasteiger partial charge is 0.394 e. The molecule has 0 spiro atoms. The van der Waals surface area contributed by atoms with E-state index in [1.807, 2.05) is 31.4 Å². The number of aliphatic hydroxyl groups excluding tert-OH is 1. The first-order valence-corrected chi connectivity index (χ1v) is 10.0. The fourth-order valence-electron chi connectivity index (χ4n) is 3.72. The summed E-state index contributed by atoms with van der Waals surface area (Å²) in [4.78, 5) is 0. The molecule has 0 fully saturated rings. The van der Waals surface area contributed by atoms with Gasteiger partial charge in [0, 0.05) is 17.5 Å². The Kier molecular flexibility index (Phi) is 5.50. The monoisotopic (exact) mass is 408 g/mol. The van der Waals surface area contributed by atoms with Gasteiger partial charge in [0.15, 0.2) is 0 Å². The zero-order chi connectivity index (χ0) is 21.3. The molecule has 2 aromatic heterocycles. The minimum Gasteiger partial charge on any atom is -0.394 e. The molecule has 2 aromatic carbocycles. The molecule has 0 radical (unpaired) electrons. The van der Waals surface area contributed by atoms with Crippen molar-refractivity contribution in [3.8, 4) is 0 Å². The molecule has 1 unspecified atom stereocenters. The summed E-state index contributed by atoms with van der Waals surface area (Å²) in [7, 11) is 0. The smallest absolute Gasteiger partial charge is 0.229 e. The highest BCUT2D eigenvalue weighted by Gasteiger charge is 2.19. The number of nitrogens with one attached hydrogen (secondary N) is 1. The number of aliphatic hydroxyl groups is 1. The summed E-state index contributed by atoms with van der Waals surface area (Å²) >= 11 is 0. The van der Waals surface area contributed by atoms with Crippen LogP contribution in [-0.2, 0) is 13.0 Å². The summed E-state index contributed by atoms with van der Waals surface area (Å²) in [6.45, 7) is 6.57. The van der Waals surface area contributed by atoms with Crippen molar-refractivity contribution in [1.82, 2.24) is 24.5 Å². The van der Waals surface area contributed by atoms with Gasteiger partial charge in [-0.05, 0) is 49.2 Å². The summed E-state index contributed by atoms with van der Waals surface area (Å²) < 4.78 is 17.2. The molecule has 7 nitrogen and oxygen atoms in total. The van der Waals surface area contributed by atoms with E-state index >= 15 is 0 Å². The number of aromatic nitrogens is 5. The van der Waals surface area contributed by atoms with Crippen LogP contribution in [0.2, 0.25) is 0 Å². The van der Waals surface area contributed by atoms with Gasteiger partial charge < -0.3 is 10.4 Å². The van der Waals surface area contributed by atoms with E-state index in [-0.39, 0.29) is 18.5 Å². The summed E-state index contributed by atoms with van der Waals surface area (Å²) in [6, 6.07) is 10.5. The fraction of sp³-hybridized carbons (Fsp3) is 0.318. The normalized spacial score (nSPS) is 12.4. The summed E-state index contributed by atoms with van der Waals surface area (Å²) in [5.41, 5.74) is 3.85. The molecule has 2 heterocycles. The first-order chi connectivity index (χ1) is 14.5. The van der Waals surface area contributed by atoms with E-state index in [0.29, 0.717) is 12.5 Å². The number of hydrogen-bond acceptors (Lipinski definition) is 5. The van der Waals surface area contributed by atoms with Gasteiger partial charge in [0.2, 0.25) is 5.95 Å². The minimum absolute atomic E-state index is 0.0246. The van der Waals surface area contributed by atoms with E-state index in [2.05, 4.69) is 26.7 Å². The highest BCUT2D eigenvalue weighted by atomic mass is 19.1. The third-order valence-corrected chi connectivity index (χ3v) is 5.37. The number of rotatable bonds is 7. The van der Waals surface area contributed by atoms with Crippen LogP contribution in [0.3, 0.4) is 0 Å². The molecule has 0 amide bonds. The number of nitrogens with zero attached hydrogens (tertiary/aromatic N) is 5. The zero-order valence-corrected chi connectivity index (χ0v) is 17.3. The molecule has 4 rings (SSSR count). The Morgan fingerprint density at radius 3 is 2.63 bits per heavy atom. The van der Waals surface area contributed by atoms with E-state index in [1.54, 1.807) is 23.0 Å². The van der Waals surface area contributed by atoms with Gasteiger partial charge in [0.05, 0.1) is 30.9 Å². The van der Waals surface area contributed by atoms with Gasteiger partial charge in [-0.25, -0.2) is 4.39 Å². The van der Waals surface area contributed by atoms with E-state index in [0.717, 1.165) is 40.0 Å². The number of hydrogen-bond donors (Lipinski definition) is 2. The molecule has 0 bridgehead atoms. The van der Waals surface area contributed by atoms with Crippen LogP contribution in [-0.4, -0.2) is 36.3 Å². The minimum atomic E-state index is -0.257. The molecular formula is C22H25FN6O. The lowest BCUT2D eigenvalue weighted by Gasteiger charge is -2.19. The third kappa shape index (κ3) is 3.66. The lowest BCUT2D eigenvalue weighted by Crippen LogP contribution is -2.13. The van der Waals surface area contributed by atoms with Crippen molar-refractivity contribution in [2.24, 2.45) is 0 Å². The van der Waals surface area contributed by atoms with E-state index in [1.165, 1.54) is 12.1 Å². The van der Waals surface area contributed by atoms with Crippen LogP contribution in [0.25, 0.3) is 10.9 Å². The first kappa shape index (κ1) is 20.0. The van der Waals surface area contributed by atoms with Gasteiger partial charge in [-0.15, -0.1) is 10.2 Å². The van der Waals surface area contributed by atoms with Crippen LogP contribution >= 0.6 is 0 Å². The molecule has 8 heteroatoms. The van der Waals surface area contributed by atoms with Crippen molar-refractivity contribution < 1.29 is 9.50 Å². The van der Waals surface area contributed by atoms with Gasteiger partial charge >= 0.3 is 0 Å². The quantitative estimate of drug-likeness (QED) is 0.483. The molecule has 1 atom stereocenters. The van der Waals surface area contributed by atoms with Gasteiger partial charge in [0.1, 0.15) is 11.6 Å². The van der Waals surface area contributed by atoms with Crippen LogP contribution < -0.4 is 5.32 Å². The topological polar surface area (TPSA) is 80.8 Å². The van der Waals surface area contributed by atoms with Crippen molar-refractivity contribution in [3.63, 3.8) is 0 Å². The number of anilines is 2. The number of benzene rings is 2. The van der Waals surface area contributed by atoms with E-state index < -0.39 is 0 Å². The summed E-state index contributed by atoms with van der Waals surface area (Å²) in [5, 5.41) is 26.8. The number of aryl methyl sites for hydroxylation is 2. The molecule has 156 valence electrons. The van der Waals surface area contributed by atoms with Crippen molar-refractivity contribution in [2.45, 2.75) is 39.8 Å². The predicted octanol–water partition coefficient (Wildman–Crippen LogP) is 3.98. The molecule has 0 saturated carbocycles. The number of fused-ring (bicyclic) bond motifs is 1. The summed E-state index contributed by atoms with van der Waals surface area (Å²) in [6.07, 6.45) is 2.53. The van der Waals surface area contributed by atoms with E-state index in [4.69, 9.17) is 0 Å². The average Bonchev–Trinajstić information content (AvgIpc) is 3.32. The molecule has 4 aromatic rings. The van der Waals surface area contributed by atoms with E-state index in [9.17, 15) is 9.50 Å². The second-order valence-electron chi connectivity index (χ2n) is 7.33. The van der Waals surface area contributed by atoms with Crippen molar-refractivity contribution >= 4 is 22.5 Å². The van der Waals surface area contributed by atoms with Gasteiger partial charge in [-0.2, -0.15) is 5.10 Å². The molecule has 0 saturated heterocycles. The molecule has 30 heavy (non-hydrogen) atoms. The highest BCUT2D eigenvalue weighted by molar-refractivity contribution is 5.85. The Bertz CT molecular complexity index is 1160. The predicted molar refractivity (Wildman–Crippen MR) is 114 cm³/mol. The molecular weight excluding hydrogens is 383 g/mol. The Balaban J connectivity index is 1.73. The van der Waals surface area contributed by atoms with Crippen LogP contribution in [0.4, 0.5) is 16.0 Å². The van der Waals surface area contributed by atoms with Crippen molar-refractivity contribution in [2.75, 3.05) is 11.9 Å². The van der Waals surface area contributed by atoms with Crippen molar-refractivity contribution in [3.05, 3.63) is 65.4 Å². The standard InChI is InChI=1S/C22H25FN6O/c1-4-21-26-27-22(29(21)15(3)16-5-7-18(23)8-6-16)25-19-12-20-17(11-14(19)2)13-24-28(20)9-10-30/h5-8,11-13,15,30H,4,9-10H2,1-3H3,(H,25,27). The molecule has 2 N–H and O–H groups in total. The molecule has 0 aliphatic carbocycles. The Labute approximate surface area is 174 Å². The SMILES string of the molecule is CCc1nnc(Nc2cc3c(cnn3CCO)cc2C)n1C(C)c1ccc(F)cc1.